The number of ether oxygens (including phenoxy) is 2. The Hall–Kier alpha value is -1.72. The van der Waals surface area contributed by atoms with Crippen molar-refractivity contribution in [1.82, 2.24) is 0 Å². The number of rotatable bonds is 1. The fraction of sp³-hybridized carbons (Fsp3) is 0.750. The quantitative estimate of drug-likeness (QED) is 0.535. The highest BCUT2D eigenvalue weighted by Crippen LogP contribution is 2.50. The Morgan fingerprint density at radius 3 is 2.18 bits per heavy atom. The first-order valence-corrected chi connectivity index (χ1v) is 8.07. The van der Waals surface area contributed by atoms with Crippen molar-refractivity contribution in [2.24, 2.45) is 35.5 Å². The second-order valence-corrected chi connectivity index (χ2v) is 6.99. The Morgan fingerprint density at radius 2 is 1.36 bits per heavy atom. The number of esters is 4. The summed E-state index contributed by atoms with van der Waals surface area (Å²) in [5.74, 6) is -2.65. The first kappa shape index (κ1) is 13.9. The summed E-state index contributed by atoms with van der Waals surface area (Å²) in [6.07, 6.45) is 4.53. The fourth-order valence-corrected chi connectivity index (χ4v) is 4.99. The molecule has 2 saturated heterocycles. The first-order valence-electron chi connectivity index (χ1n) is 8.07. The summed E-state index contributed by atoms with van der Waals surface area (Å²) in [6, 6.07) is 0. The molecule has 6 unspecified atom stereocenters. The summed E-state index contributed by atoms with van der Waals surface area (Å²) in [5, 5.41) is 0. The van der Waals surface area contributed by atoms with Gasteiger partial charge in [0, 0.05) is 0 Å². The molecule has 6 atom stereocenters. The number of hydrogen-bond donors (Lipinski definition) is 0. The van der Waals surface area contributed by atoms with Gasteiger partial charge in [-0.05, 0) is 43.9 Å². The molecule has 2 aliphatic heterocycles. The van der Waals surface area contributed by atoms with Gasteiger partial charge in [-0.25, -0.2) is 0 Å². The second kappa shape index (κ2) is 4.89. The van der Waals surface area contributed by atoms with E-state index < -0.39 is 17.9 Å². The summed E-state index contributed by atoms with van der Waals surface area (Å²) in [6.45, 7) is 0. The topological polar surface area (TPSA) is 86.7 Å². The van der Waals surface area contributed by atoms with Crippen LogP contribution in [0.2, 0.25) is 0 Å². The number of cyclic esters (lactones) is 4. The van der Waals surface area contributed by atoms with Crippen LogP contribution in [-0.4, -0.2) is 23.9 Å². The predicted molar refractivity (Wildman–Crippen MR) is 70.8 cm³/mol. The molecule has 118 valence electrons. The van der Waals surface area contributed by atoms with Gasteiger partial charge in [0.1, 0.15) is 0 Å². The van der Waals surface area contributed by atoms with Crippen molar-refractivity contribution in [3.05, 3.63) is 0 Å². The number of hydrogen-bond acceptors (Lipinski definition) is 6. The highest BCUT2D eigenvalue weighted by molar-refractivity contribution is 5.97. The molecule has 0 aromatic heterocycles. The summed E-state index contributed by atoms with van der Waals surface area (Å²) >= 11 is 0. The van der Waals surface area contributed by atoms with E-state index in [4.69, 9.17) is 9.47 Å². The van der Waals surface area contributed by atoms with Gasteiger partial charge in [0.25, 0.3) is 0 Å². The molecule has 4 fully saturated rings. The van der Waals surface area contributed by atoms with E-state index in [0.29, 0.717) is 19.3 Å². The lowest BCUT2D eigenvalue weighted by atomic mass is 9.62. The Balaban J connectivity index is 1.55. The Labute approximate surface area is 127 Å². The number of carbonyl (C=O) groups is 4. The van der Waals surface area contributed by atoms with Crippen LogP contribution >= 0.6 is 0 Å². The van der Waals surface area contributed by atoms with Gasteiger partial charge in [0.05, 0.1) is 23.7 Å². The molecule has 0 bridgehead atoms. The average Bonchev–Trinajstić information content (AvgIpc) is 2.96. The van der Waals surface area contributed by atoms with Crippen LogP contribution in [0.3, 0.4) is 0 Å². The lowest BCUT2D eigenvalue weighted by Gasteiger charge is -2.39. The third-order valence-corrected chi connectivity index (χ3v) is 6.03. The zero-order valence-corrected chi connectivity index (χ0v) is 12.2. The van der Waals surface area contributed by atoms with Gasteiger partial charge >= 0.3 is 23.9 Å². The molecule has 2 aliphatic carbocycles. The predicted octanol–water partition coefficient (Wildman–Crippen LogP) is 1.22. The van der Waals surface area contributed by atoms with Crippen molar-refractivity contribution < 1.29 is 28.7 Å². The lowest BCUT2D eigenvalue weighted by molar-refractivity contribution is -0.155. The molecule has 6 nitrogen and oxygen atoms in total. The van der Waals surface area contributed by atoms with E-state index in [2.05, 4.69) is 0 Å². The molecule has 22 heavy (non-hydrogen) atoms. The minimum Gasteiger partial charge on any atom is -0.393 e. The molecule has 2 saturated carbocycles. The number of carbonyl (C=O) groups excluding carboxylic acids is 4. The van der Waals surface area contributed by atoms with Crippen molar-refractivity contribution in [2.45, 2.75) is 38.5 Å². The van der Waals surface area contributed by atoms with Gasteiger partial charge in [-0.3, -0.25) is 19.2 Å². The van der Waals surface area contributed by atoms with E-state index in [9.17, 15) is 19.2 Å². The van der Waals surface area contributed by atoms with Crippen LogP contribution in [0.4, 0.5) is 0 Å². The maximum atomic E-state index is 12.0. The molecule has 0 spiro atoms. The molecule has 0 radical (unpaired) electrons. The van der Waals surface area contributed by atoms with Gasteiger partial charge in [0.15, 0.2) is 0 Å². The Kier molecular flexibility index (Phi) is 3.09. The van der Waals surface area contributed by atoms with Crippen LogP contribution < -0.4 is 0 Å². The Morgan fingerprint density at radius 1 is 0.682 bits per heavy atom. The summed E-state index contributed by atoms with van der Waals surface area (Å²) in [4.78, 5) is 47.2. The molecular weight excluding hydrogens is 288 g/mol. The van der Waals surface area contributed by atoms with E-state index in [1.807, 2.05) is 0 Å². The van der Waals surface area contributed by atoms with E-state index in [-0.39, 0.29) is 41.5 Å². The molecule has 6 heteroatoms. The normalized spacial score (nSPS) is 44.4. The minimum absolute atomic E-state index is 0.0853. The van der Waals surface area contributed by atoms with Crippen molar-refractivity contribution in [1.29, 1.82) is 0 Å². The summed E-state index contributed by atoms with van der Waals surface area (Å²) in [7, 11) is 0. The van der Waals surface area contributed by atoms with Crippen LogP contribution in [0.1, 0.15) is 38.5 Å². The van der Waals surface area contributed by atoms with Crippen LogP contribution in [0.5, 0.6) is 0 Å². The fourth-order valence-electron chi connectivity index (χ4n) is 4.99. The van der Waals surface area contributed by atoms with Gasteiger partial charge in [0.2, 0.25) is 0 Å². The maximum Gasteiger partial charge on any atom is 0.317 e. The van der Waals surface area contributed by atoms with E-state index in [0.717, 1.165) is 19.3 Å². The van der Waals surface area contributed by atoms with Crippen molar-refractivity contribution in [3.63, 3.8) is 0 Å². The van der Waals surface area contributed by atoms with Crippen molar-refractivity contribution >= 4 is 23.9 Å². The third kappa shape index (κ3) is 1.92. The standard InChI is InChI=1S/C16H18O6/c17-13-9-5-4-7(6-11(9)15(19)21-13)8-2-1-3-10-12(8)16(20)22-14(10)18/h7-12H,1-6H2. The number of fused-ring (bicyclic) bond motifs is 2. The zero-order chi connectivity index (χ0) is 15.4. The highest BCUT2D eigenvalue weighted by atomic mass is 16.6. The van der Waals surface area contributed by atoms with Gasteiger partial charge in [-0.2, -0.15) is 0 Å². The molecule has 2 heterocycles. The smallest absolute Gasteiger partial charge is 0.317 e. The van der Waals surface area contributed by atoms with E-state index in [1.54, 1.807) is 0 Å². The van der Waals surface area contributed by atoms with Crippen LogP contribution in [0, 0.1) is 35.5 Å². The SMILES string of the molecule is O=C1OC(=O)C2CC(C3CCCC4C(=O)OC(=O)C43)CCC12. The molecule has 4 rings (SSSR count). The molecule has 0 N–H and O–H groups in total. The van der Waals surface area contributed by atoms with Crippen LogP contribution in [0.15, 0.2) is 0 Å². The summed E-state index contributed by atoms with van der Waals surface area (Å²) < 4.78 is 9.58. The third-order valence-electron chi connectivity index (χ3n) is 6.03. The van der Waals surface area contributed by atoms with Crippen molar-refractivity contribution in [3.8, 4) is 0 Å². The molecule has 4 aliphatic rings. The summed E-state index contributed by atoms with van der Waals surface area (Å²) in [5.41, 5.74) is 0. The lowest BCUT2D eigenvalue weighted by Crippen LogP contribution is -2.39. The largest absolute Gasteiger partial charge is 0.393 e. The minimum atomic E-state index is -0.419. The molecule has 0 amide bonds. The van der Waals surface area contributed by atoms with Gasteiger partial charge in [-0.1, -0.05) is 6.42 Å². The van der Waals surface area contributed by atoms with Crippen LogP contribution in [0.25, 0.3) is 0 Å². The molecular formula is C16H18O6. The van der Waals surface area contributed by atoms with Crippen molar-refractivity contribution in [2.75, 3.05) is 0 Å². The average molecular weight is 306 g/mol. The van der Waals surface area contributed by atoms with E-state index in [1.165, 1.54) is 0 Å². The van der Waals surface area contributed by atoms with Gasteiger partial charge in [-0.15, -0.1) is 0 Å². The van der Waals surface area contributed by atoms with Crippen LogP contribution in [-0.2, 0) is 28.7 Å². The monoisotopic (exact) mass is 306 g/mol. The van der Waals surface area contributed by atoms with Gasteiger partial charge < -0.3 is 9.47 Å². The van der Waals surface area contributed by atoms with E-state index >= 15 is 0 Å². The first-order chi connectivity index (χ1) is 10.6. The molecule has 0 aromatic carbocycles. The maximum absolute atomic E-state index is 12.0. The zero-order valence-electron chi connectivity index (χ0n) is 12.2. The highest BCUT2D eigenvalue weighted by Gasteiger charge is 2.55. The molecule has 0 aromatic rings. The Bertz CT molecular complexity index is 567. The second-order valence-electron chi connectivity index (χ2n) is 6.99.